The molecule has 38 heavy (non-hydrogen) atoms. The molecular weight excluding hydrogens is 477 g/mol. The minimum Gasteiger partial charge on any atom is -0.171 e. The van der Waals surface area contributed by atoms with Gasteiger partial charge < -0.3 is 0 Å². The lowest BCUT2D eigenvalue weighted by Gasteiger charge is -2.18. The summed E-state index contributed by atoms with van der Waals surface area (Å²) in [7, 11) is 0. The van der Waals surface area contributed by atoms with Crippen LogP contribution < -0.4 is 0 Å². The Morgan fingerprint density at radius 3 is 1.08 bits per heavy atom. The Morgan fingerprint density at radius 2 is 1.00 bits per heavy atom. The predicted molar refractivity (Wildman–Crippen MR) is 168 cm³/mol. The quantitative estimate of drug-likeness (QED) is 0.303. The van der Waals surface area contributed by atoms with Crippen LogP contribution >= 0.6 is 0 Å². The predicted octanol–water partition coefficient (Wildman–Crippen LogP) is 13.6. The highest BCUT2D eigenvalue weighted by molar-refractivity contribution is 4.83. The summed E-state index contributed by atoms with van der Waals surface area (Å²) < 4.78 is 51.1. The van der Waals surface area contributed by atoms with Crippen LogP contribution in [0.3, 0.4) is 0 Å². The third-order valence-electron chi connectivity index (χ3n) is 8.22. The number of rotatable bonds is 1. The molecule has 234 valence electrons. The maximum absolute atomic E-state index is 12.2. The topological polar surface area (TPSA) is 0 Å². The van der Waals surface area contributed by atoms with E-state index in [1.807, 2.05) is 27.7 Å². The third-order valence-corrected chi connectivity index (χ3v) is 8.22. The van der Waals surface area contributed by atoms with Crippen LogP contribution in [0.25, 0.3) is 0 Å². The highest BCUT2D eigenvalue weighted by Gasteiger charge is 2.47. The van der Waals surface area contributed by atoms with E-state index in [9.17, 15) is 13.2 Å². The van der Waals surface area contributed by atoms with Crippen molar-refractivity contribution in [2.45, 2.75) is 175 Å². The normalized spacial score (nSPS) is 28.6. The maximum Gasteiger partial charge on any atom is 0.392 e. The van der Waals surface area contributed by atoms with Gasteiger partial charge in [0, 0.05) is 2.74 Å². The van der Waals surface area contributed by atoms with Gasteiger partial charge in [-0.15, -0.1) is 0 Å². The van der Waals surface area contributed by atoms with Gasteiger partial charge in [-0.3, -0.25) is 0 Å². The summed E-state index contributed by atoms with van der Waals surface area (Å²) in [6.07, 6.45) is 2.86. The molecule has 0 saturated heterocycles. The monoisotopic (exact) mass is 553 g/mol. The number of hydrogen-bond donors (Lipinski definition) is 0. The molecular formula is C35H73F3. The Bertz CT molecular complexity index is 593. The molecule has 0 aromatic rings. The van der Waals surface area contributed by atoms with E-state index in [1.54, 1.807) is 13.8 Å². The molecule has 0 amide bonds. The summed E-state index contributed by atoms with van der Waals surface area (Å²) in [5, 5.41) is 0. The van der Waals surface area contributed by atoms with E-state index in [1.165, 1.54) is 32.1 Å². The van der Waals surface area contributed by atoms with Gasteiger partial charge in [-0.05, 0) is 65.1 Å². The van der Waals surface area contributed by atoms with E-state index in [-0.39, 0.29) is 17.3 Å². The van der Waals surface area contributed by atoms with Crippen molar-refractivity contribution in [3.63, 3.8) is 0 Å². The Morgan fingerprint density at radius 1 is 0.632 bits per heavy atom. The molecule has 2 fully saturated rings. The molecule has 0 radical (unpaired) electrons. The zero-order valence-corrected chi connectivity index (χ0v) is 29.0. The van der Waals surface area contributed by atoms with Gasteiger partial charge in [-0.2, -0.15) is 13.2 Å². The first kappa shape index (κ1) is 37.8. The number of alkyl halides is 3. The lowest BCUT2D eigenvalue weighted by Crippen LogP contribution is -2.24. The molecule has 2 rings (SSSR count). The highest BCUT2D eigenvalue weighted by Crippen LogP contribution is 2.45. The van der Waals surface area contributed by atoms with Gasteiger partial charge in [-0.25, -0.2) is 0 Å². The van der Waals surface area contributed by atoms with Gasteiger partial charge in [0.25, 0.3) is 0 Å². The van der Waals surface area contributed by atoms with Gasteiger partial charge in [0.2, 0.25) is 0 Å². The first-order chi connectivity index (χ1) is 17.5. The lowest BCUT2D eigenvalue weighted by molar-refractivity contribution is -0.182. The van der Waals surface area contributed by atoms with Crippen LogP contribution in [0.5, 0.6) is 0 Å². The molecule has 0 bridgehead atoms. The van der Waals surface area contributed by atoms with Gasteiger partial charge in [0.1, 0.15) is 0 Å². The molecule has 0 aromatic heterocycles. The fourth-order valence-corrected chi connectivity index (χ4v) is 4.38. The molecule has 0 spiro atoms. The van der Waals surface area contributed by atoms with Gasteiger partial charge in [-0.1, -0.05) is 150 Å². The fraction of sp³-hybridized carbons (Fsp3) is 1.00. The second-order valence-electron chi connectivity index (χ2n) is 15.8. The molecule has 0 N–H and O–H groups in total. The summed E-state index contributed by atoms with van der Waals surface area (Å²) in [6, 6.07) is 0. The van der Waals surface area contributed by atoms with Crippen molar-refractivity contribution in [2.75, 3.05) is 0 Å². The summed E-state index contributed by atoms with van der Waals surface area (Å²) >= 11 is 0. The molecule has 5 unspecified atom stereocenters. The fourth-order valence-electron chi connectivity index (χ4n) is 4.38. The largest absolute Gasteiger partial charge is 0.392 e. The Hall–Kier alpha value is -0.210. The molecule has 2 saturated carbocycles. The maximum atomic E-state index is 12.2. The third kappa shape index (κ3) is 26.0. The lowest BCUT2D eigenvalue weighted by atomic mass is 9.91. The van der Waals surface area contributed by atoms with Gasteiger partial charge in [0.15, 0.2) is 0 Å². The summed E-state index contributed by atoms with van der Waals surface area (Å²) in [5.41, 5.74) is 0.863. The van der Waals surface area contributed by atoms with Crippen LogP contribution in [0.15, 0.2) is 0 Å². The van der Waals surface area contributed by atoms with Crippen molar-refractivity contribution in [3.8, 4) is 0 Å². The molecule has 2 aliphatic carbocycles. The average Bonchev–Trinajstić information content (AvgIpc) is 3.22. The van der Waals surface area contributed by atoms with Gasteiger partial charge >= 0.3 is 6.18 Å². The number of hydrogen-bond acceptors (Lipinski definition) is 0. The van der Waals surface area contributed by atoms with Crippen LogP contribution in [0.4, 0.5) is 13.2 Å². The van der Waals surface area contributed by atoms with Crippen LogP contribution in [-0.2, 0) is 0 Å². The van der Waals surface area contributed by atoms with Crippen LogP contribution in [0.1, 0.15) is 172 Å². The summed E-state index contributed by atoms with van der Waals surface area (Å²) in [4.78, 5) is 0. The second kappa shape index (κ2) is 19.0. The Kier molecular flexibility index (Phi) is 18.9. The van der Waals surface area contributed by atoms with Crippen molar-refractivity contribution >= 4 is 0 Å². The molecule has 2 aliphatic rings. The van der Waals surface area contributed by atoms with Crippen molar-refractivity contribution in [3.05, 3.63) is 0 Å². The minimum absolute atomic E-state index is 0.176. The van der Waals surface area contributed by atoms with Crippen LogP contribution in [0, 0.1) is 51.8 Å². The van der Waals surface area contributed by atoms with E-state index in [2.05, 4.69) is 76.2 Å². The van der Waals surface area contributed by atoms with Crippen LogP contribution in [-0.4, -0.2) is 6.18 Å². The van der Waals surface area contributed by atoms with Crippen molar-refractivity contribution in [1.82, 2.24) is 0 Å². The van der Waals surface area contributed by atoms with E-state index < -0.39 is 18.5 Å². The first-order valence-electron chi connectivity index (χ1n) is 16.6. The zero-order chi connectivity index (χ0) is 32.9. The first-order valence-corrected chi connectivity index (χ1v) is 15.6. The molecule has 5 atom stereocenters. The molecule has 0 heterocycles. The average molecular weight is 553 g/mol. The molecule has 0 aliphatic heterocycles. The summed E-state index contributed by atoms with van der Waals surface area (Å²) in [6.45, 7) is 36.0. The molecule has 0 nitrogen and oxygen atoms in total. The highest BCUT2D eigenvalue weighted by atomic mass is 19.4. The SMILES string of the molecule is CC1CC(C)C(C(F)(F)F)C1.CC1CCC(C)C1C.CCC(C)(C)C.CCCC(C)(C)C.[2H]C([2H])(C)C(C)(C)C. The smallest absolute Gasteiger partial charge is 0.171 e. The zero-order valence-electron chi connectivity index (χ0n) is 31.0. The van der Waals surface area contributed by atoms with E-state index >= 15 is 0 Å². The van der Waals surface area contributed by atoms with E-state index in [4.69, 9.17) is 2.74 Å². The molecule has 0 aromatic carbocycles. The standard InChI is InChI=1S/C8H13F3.C8H16.C7H16.2C6H14/c1-5-3-6(2)7(4-5)8(9,10)11;1-6-4-5-7(2)8(6)3;1-5-6-7(2,3)4;2*1-5-6(2,3)4/h5-7H,3-4H2,1-2H3;6-8H,4-5H2,1-3H3;5-6H2,1-4H3;2*5H2,1-4H3/i;;;5D2;. The molecule has 3 heteroatoms. The minimum atomic E-state index is -3.97. The van der Waals surface area contributed by atoms with Crippen molar-refractivity contribution in [2.24, 2.45) is 51.8 Å². The van der Waals surface area contributed by atoms with E-state index in [0.29, 0.717) is 17.3 Å². The van der Waals surface area contributed by atoms with E-state index in [0.717, 1.165) is 24.2 Å². The van der Waals surface area contributed by atoms with Crippen molar-refractivity contribution in [1.29, 1.82) is 0 Å². The Labute approximate surface area is 242 Å². The van der Waals surface area contributed by atoms with Crippen LogP contribution in [0.2, 0.25) is 0 Å². The van der Waals surface area contributed by atoms with Crippen molar-refractivity contribution < 1.29 is 15.9 Å². The van der Waals surface area contributed by atoms with Gasteiger partial charge in [0.05, 0.1) is 5.92 Å². The number of halogens is 3. The Balaban J connectivity index is -0.000000435. The second-order valence-corrected chi connectivity index (χ2v) is 15.8. The summed E-state index contributed by atoms with van der Waals surface area (Å²) in [5.74, 6) is 1.99.